The Morgan fingerprint density at radius 3 is 2.70 bits per heavy atom. The van der Waals surface area contributed by atoms with E-state index in [1.807, 2.05) is 30.3 Å². The summed E-state index contributed by atoms with van der Waals surface area (Å²) in [5, 5.41) is 5.35. The number of rotatable bonds is 6. The molecule has 1 aliphatic heterocycles. The highest BCUT2D eigenvalue weighted by Gasteiger charge is 2.40. The zero-order valence-corrected chi connectivity index (χ0v) is 13.5. The van der Waals surface area contributed by atoms with E-state index in [4.69, 9.17) is 9.47 Å². The molecule has 0 radical (unpaired) electrons. The molecule has 2 N–H and O–H groups in total. The van der Waals surface area contributed by atoms with Crippen molar-refractivity contribution in [3.63, 3.8) is 0 Å². The zero-order valence-electron chi connectivity index (χ0n) is 13.5. The smallest absolute Gasteiger partial charge is 0.317 e. The van der Waals surface area contributed by atoms with Crippen LogP contribution in [0.25, 0.3) is 0 Å². The third-order valence-electron chi connectivity index (χ3n) is 3.69. The summed E-state index contributed by atoms with van der Waals surface area (Å²) in [5.74, 6) is 0.541. The molecule has 7 heteroatoms. The Hall–Kier alpha value is -2.28. The Kier molecular flexibility index (Phi) is 6.22. The lowest BCUT2D eigenvalue weighted by Gasteiger charge is -2.22. The first kappa shape index (κ1) is 17.1. The number of amides is 3. The average molecular weight is 321 g/mol. The van der Waals surface area contributed by atoms with Gasteiger partial charge in [0.05, 0.1) is 13.2 Å². The van der Waals surface area contributed by atoms with Crippen molar-refractivity contribution in [2.24, 2.45) is 0 Å². The van der Waals surface area contributed by atoms with Gasteiger partial charge in [-0.25, -0.2) is 4.79 Å². The van der Waals surface area contributed by atoms with Crippen LogP contribution in [0.1, 0.15) is 6.42 Å². The summed E-state index contributed by atoms with van der Waals surface area (Å²) in [6, 6.07) is 8.57. The van der Waals surface area contributed by atoms with Crippen LogP contribution in [0.15, 0.2) is 30.3 Å². The van der Waals surface area contributed by atoms with Gasteiger partial charge >= 0.3 is 6.03 Å². The quantitative estimate of drug-likeness (QED) is 0.753. The van der Waals surface area contributed by atoms with Crippen LogP contribution in [0.2, 0.25) is 0 Å². The molecule has 0 aromatic heterocycles. The SMILES string of the molecule is CNC(=O)N1C[C@@H](Oc2ccccc2)C[C@H]1C(=O)NCCOC. The molecular weight excluding hydrogens is 298 g/mol. The first-order valence-corrected chi connectivity index (χ1v) is 7.62. The predicted octanol–water partition coefficient (Wildman–Crippen LogP) is 0.610. The summed E-state index contributed by atoms with van der Waals surface area (Å²) in [6.45, 7) is 1.22. The molecule has 23 heavy (non-hydrogen) atoms. The van der Waals surface area contributed by atoms with Gasteiger partial charge in [0.15, 0.2) is 0 Å². The molecule has 1 aromatic carbocycles. The van der Waals surface area contributed by atoms with Crippen LogP contribution in [0.4, 0.5) is 4.79 Å². The number of para-hydroxylation sites is 1. The summed E-state index contributed by atoms with van der Waals surface area (Å²) >= 11 is 0. The van der Waals surface area contributed by atoms with Crippen molar-refractivity contribution in [2.45, 2.75) is 18.6 Å². The maximum atomic E-state index is 12.3. The Morgan fingerprint density at radius 1 is 1.30 bits per heavy atom. The second-order valence-corrected chi connectivity index (χ2v) is 5.30. The van der Waals surface area contributed by atoms with Crippen molar-refractivity contribution in [1.29, 1.82) is 0 Å². The van der Waals surface area contributed by atoms with E-state index in [2.05, 4.69) is 10.6 Å². The van der Waals surface area contributed by atoms with Crippen LogP contribution < -0.4 is 15.4 Å². The molecule has 1 fully saturated rings. The molecule has 0 aliphatic carbocycles. The molecule has 1 heterocycles. The van der Waals surface area contributed by atoms with E-state index < -0.39 is 6.04 Å². The van der Waals surface area contributed by atoms with Crippen LogP contribution in [-0.4, -0.2) is 62.8 Å². The second kappa shape index (κ2) is 8.38. The van der Waals surface area contributed by atoms with E-state index >= 15 is 0 Å². The molecule has 0 saturated carbocycles. The van der Waals surface area contributed by atoms with Crippen LogP contribution >= 0.6 is 0 Å². The number of urea groups is 1. The van der Waals surface area contributed by atoms with Gasteiger partial charge in [0.1, 0.15) is 17.9 Å². The van der Waals surface area contributed by atoms with E-state index in [-0.39, 0.29) is 18.0 Å². The molecule has 2 atom stereocenters. The molecule has 3 amide bonds. The van der Waals surface area contributed by atoms with Crippen molar-refractivity contribution < 1.29 is 19.1 Å². The topological polar surface area (TPSA) is 79.9 Å². The van der Waals surface area contributed by atoms with Crippen LogP contribution in [-0.2, 0) is 9.53 Å². The molecule has 0 unspecified atom stereocenters. The molecule has 2 rings (SSSR count). The lowest BCUT2D eigenvalue weighted by Crippen LogP contribution is -2.49. The summed E-state index contributed by atoms with van der Waals surface area (Å²) in [5.41, 5.74) is 0. The Balaban J connectivity index is 2.00. The molecule has 0 spiro atoms. The highest BCUT2D eigenvalue weighted by atomic mass is 16.5. The van der Waals surface area contributed by atoms with Crippen molar-refractivity contribution in [3.8, 4) is 5.75 Å². The minimum atomic E-state index is -0.541. The van der Waals surface area contributed by atoms with E-state index in [1.165, 1.54) is 4.90 Å². The fourth-order valence-electron chi connectivity index (χ4n) is 2.59. The summed E-state index contributed by atoms with van der Waals surface area (Å²) in [6.07, 6.45) is 0.245. The number of methoxy groups -OCH3 is 1. The van der Waals surface area contributed by atoms with Gasteiger partial charge in [-0.15, -0.1) is 0 Å². The number of carbonyl (C=O) groups excluding carboxylic acids is 2. The van der Waals surface area contributed by atoms with Gasteiger partial charge in [-0.2, -0.15) is 0 Å². The Labute approximate surface area is 135 Å². The number of hydrogen-bond donors (Lipinski definition) is 2. The van der Waals surface area contributed by atoms with Gasteiger partial charge in [-0.3, -0.25) is 4.79 Å². The van der Waals surface area contributed by atoms with Crippen molar-refractivity contribution in [2.75, 3.05) is 33.9 Å². The Morgan fingerprint density at radius 2 is 2.04 bits per heavy atom. The number of nitrogens with zero attached hydrogens (tertiary/aromatic N) is 1. The fraction of sp³-hybridized carbons (Fsp3) is 0.500. The van der Waals surface area contributed by atoms with Crippen LogP contribution in [0.5, 0.6) is 5.75 Å². The number of likely N-dealkylation sites (tertiary alicyclic amines) is 1. The molecule has 1 saturated heterocycles. The Bertz CT molecular complexity index is 523. The number of nitrogens with one attached hydrogen (secondary N) is 2. The van der Waals surface area contributed by atoms with Crippen LogP contribution in [0, 0.1) is 0 Å². The summed E-state index contributed by atoms with van der Waals surface area (Å²) in [4.78, 5) is 25.8. The zero-order chi connectivity index (χ0) is 16.7. The third kappa shape index (κ3) is 4.59. The highest BCUT2D eigenvalue weighted by Crippen LogP contribution is 2.23. The molecule has 7 nitrogen and oxygen atoms in total. The van der Waals surface area contributed by atoms with E-state index in [9.17, 15) is 9.59 Å². The van der Waals surface area contributed by atoms with Gasteiger partial charge in [0, 0.05) is 27.1 Å². The van der Waals surface area contributed by atoms with Gasteiger partial charge in [0.2, 0.25) is 5.91 Å². The van der Waals surface area contributed by atoms with Crippen molar-refractivity contribution in [1.82, 2.24) is 15.5 Å². The first-order chi connectivity index (χ1) is 11.2. The van der Waals surface area contributed by atoms with Gasteiger partial charge < -0.3 is 25.0 Å². The highest BCUT2D eigenvalue weighted by molar-refractivity contribution is 5.87. The summed E-state index contributed by atoms with van der Waals surface area (Å²) in [7, 11) is 3.12. The van der Waals surface area contributed by atoms with E-state index in [0.29, 0.717) is 26.1 Å². The lowest BCUT2D eigenvalue weighted by molar-refractivity contribution is -0.124. The monoisotopic (exact) mass is 321 g/mol. The minimum Gasteiger partial charge on any atom is -0.488 e. The van der Waals surface area contributed by atoms with E-state index in [0.717, 1.165) is 5.75 Å². The normalized spacial score (nSPS) is 20.2. The second-order valence-electron chi connectivity index (χ2n) is 5.30. The number of ether oxygens (including phenoxy) is 2. The van der Waals surface area contributed by atoms with Gasteiger partial charge in [-0.05, 0) is 12.1 Å². The van der Waals surface area contributed by atoms with Crippen molar-refractivity contribution >= 4 is 11.9 Å². The number of carbonyl (C=O) groups is 2. The third-order valence-corrected chi connectivity index (χ3v) is 3.69. The van der Waals surface area contributed by atoms with Crippen LogP contribution in [0.3, 0.4) is 0 Å². The predicted molar refractivity (Wildman–Crippen MR) is 85.3 cm³/mol. The molecular formula is C16H23N3O4. The number of hydrogen-bond acceptors (Lipinski definition) is 4. The molecule has 1 aromatic rings. The molecule has 1 aliphatic rings. The van der Waals surface area contributed by atoms with Crippen molar-refractivity contribution in [3.05, 3.63) is 30.3 Å². The van der Waals surface area contributed by atoms with Gasteiger partial charge in [-0.1, -0.05) is 18.2 Å². The average Bonchev–Trinajstić information content (AvgIpc) is 2.99. The molecule has 126 valence electrons. The molecule has 0 bridgehead atoms. The van der Waals surface area contributed by atoms with Gasteiger partial charge in [0.25, 0.3) is 0 Å². The lowest BCUT2D eigenvalue weighted by atomic mass is 10.2. The number of benzene rings is 1. The summed E-state index contributed by atoms with van der Waals surface area (Å²) < 4.78 is 10.8. The maximum Gasteiger partial charge on any atom is 0.317 e. The fourth-order valence-corrected chi connectivity index (χ4v) is 2.59. The standard InChI is InChI=1S/C16H23N3O4/c1-17-16(21)19-11-13(23-12-6-4-3-5-7-12)10-14(19)15(20)18-8-9-22-2/h3-7,13-14H,8-11H2,1-2H3,(H,17,21)(H,18,20)/t13-,14-/m0/s1. The first-order valence-electron chi connectivity index (χ1n) is 7.62. The maximum absolute atomic E-state index is 12.3. The largest absolute Gasteiger partial charge is 0.488 e. The van der Waals surface area contributed by atoms with E-state index in [1.54, 1.807) is 14.2 Å². The minimum absolute atomic E-state index is 0.190.